The van der Waals surface area contributed by atoms with Crippen LogP contribution in [0.4, 0.5) is 0 Å². The summed E-state index contributed by atoms with van der Waals surface area (Å²) in [5, 5.41) is 3.49. The Kier molecular flexibility index (Phi) is 5.58. The maximum absolute atomic E-state index is 5.79. The molecule has 0 aromatic heterocycles. The first kappa shape index (κ1) is 12.9. The van der Waals surface area contributed by atoms with E-state index in [0.717, 1.165) is 19.8 Å². The summed E-state index contributed by atoms with van der Waals surface area (Å²) in [7, 11) is 1.76. The molecule has 1 aliphatic rings. The van der Waals surface area contributed by atoms with Gasteiger partial charge in [0.25, 0.3) is 0 Å². The first-order chi connectivity index (χ1) is 7.15. The molecule has 0 spiro atoms. The highest BCUT2D eigenvalue weighted by Crippen LogP contribution is 2.26. The van der Waals surface area contributed by atoms with E-state index >= 15 is 0 Å². The fraction of sp³-hybridized carbons (Fsp3) is 1.00. The molecule has 3 atom stereocenters. The molecule has 0 saturated carbocycles. The van der Waals surface area contributed by atoms with Crippen LogP contribution in [0.5, 0.6) is 0 Å². The van der Waals surface area contributed by atoms with Crippen molar-refractivity contribution in [1.82, 2.24) is 5.32 Å². The van der Waals surface area contributed by atoms with E-state index in [1.165, 1.54) is 6.42 Å². The van der Waals surface area contributed by atoms with E-state index in [2.05, 4.69) is 26.1 Å². The maximum Gasteiger partial charge on any atom is 0.0663 e. The van der Waals surface area contributed by atoms with E-state index in [4.69, 9.17) is 9.47 Å². The Morgan fingerprint density at radius 1 is 1.40 bits per heavy atom. The summed E-state index contributed by atoms with van der Waals surface area (Å²) < 4.78 is 11.0. The van der Waals surface area contributed by atoms with Gasteiger partial charge in [0.15, 0.2) is 0 Å². The molecule has 0 aromatic rings. The molecule has 1 fully saturated rings. The van der Waals surface area contributed by atoms with E-state index in [9.17, 15) is 0 Å². The number of ether oxygens (including phenoxy) is 2. The lowest BCUT2D eigenvalue weighted by molar-refractivity contribution is 0.0139. The Morgan fingerprint density at radius 2 is 2.13 bits per heavy atom. The zero-order valence-electron chi connectivity index (χ0n) is 10.5. The lowest BCUT2D eigenvalue weighted by Crippen LogP contribution is -2.36. The van der Waals surface area contributed by atoms with Crippen molar-refractivity contribution in [3.8, 4) is 0 Å². The van der Waals surface area contributed by atoms with Gasteiger partial charge in [-0.1, -0.05) is 20.8 Å². The van der Waals surface area contributed by atoms with E-state index in [1.54, 1.807) is 7.11 Å². The Balaban J connectivity index is 2.35. The highest BCUT2D eigenvalue weighted by atomic mass is 16.5. The van der Waals surface area contributed by atoms with Gasteiger partial charge >= 0.3 is 0 Å². The van der Waals surface area contributed by atoms with Crippen LogP contribution in [-0.2, 0) is 9.47 Å². The molecule has 1 N–H and O–H groups in total. The third kappa shape index (κ3) is 4.09. The SMILES string of the molecule is COCC(C)C1OCCC1CNC(C)C. The second kappa shape index (κ2) is 6.46. The van der Waals surface area contributed by atoms with Gasteiger partial charge in [-0.05, 0) is 6.42 Å². The summed E-state index contributed by atoms with van der Waals surface area (Å²) in [5.41, 5.74) is 0. The lowest BCUT2D eigenvalue weighted by Gasteiger charge is -2.25. The lowest BCUT2D eigenvalue weighted by atomic mass is 9.92. The Hall–Kier alpha value is -0.120. The van der Waals surface area contributed by atoms with Crippen molar-refractivity contribution in [2.45, 2.75) is 39.3 Å². The summed E-state index contributed by atoms with van der Waals surface area (Å²) in [4.78, 5) is 0. The molecule has 90 valence electrons. The first-order valence-corrected chi connectivity index (χ1v) is 5.99. The second-order valence-corrected chi connectivity index (χ2v) is 4.88. The molecule has 0 bridgehead atoms. The molecule has 3 unspecified atom stereocenters. The van der Waals surface area contributed by atoms with Crippen LogP contribution in [-0.4, -0.2) is 39.0 Å². The first-order valence-electron chi connectivity index (χ1n) is 5.99. The van der Waals surface area contributed by atoms with E-state index in [0.29, 0.717) is 24.0 Å². The minimum Gasteiger partial charge on any atom is -0.384 e. The molecule has 1 rings (SSSR count). The Morgan fingerprint density at radius 3 is 2.73 bits per heavy atom. The monoisotopic (exact) mass is 215 g/mol. The molecule has 0 amide bonds. The third-order valence-corrected chi connectivity index (χ3v) is 3.04. The fourth-order valence-corrected chi connectivity index (χ4v) is 2.25. The number of nitrogens with one attached hydrogen (secondary N) is 1. The van der Waals surface area contributed by atoms with E-state index < -0.39 is 0 Å². The van der Waals surface area contributed by atoms with Crippen LogP contribution in [0.25, 0.3) is 0 Å². The van der Waals surface area contributed by atoms with Gasteiger partial charge in [0, 0.05) is 38.1 Å². The molecule has 0 aromatic carbocycles. The highest BCUT2D eigenvalue weighted by molar-refractivity contribution is 4.82. The molecule has 3 heteroatoms. The standard InChI is InChI=1S/C12H25NO2/c1-9(2)13-7-11-5-6-15-12(11)10(3)8-14-4/h9-13H,5-8H2,1-4H3. The molecule has 3 nitrogen and oxygen atoms in total. The van der Waals surface area contributed by atoms with Crippen molar-refractivity contribution in [2.75, 3.05) is 26.9 Å². The van der Waals surface area contributed by atoms with Gasteiger partial charge in [0.2, 0.25) is 0 Å². The van der Waals surface area contributed by atoms with Gasteiger partial charge in [0.1, 0.15) is 0 Å². The van der Waals surface area contributed by atoms with Crippen LogP contribution in [0.15, 0.2) is 0 Å². The highest BCUT2D eigenvalue weighted by Gasteiger charge is 2.32. The average molecular weight is 215 g/mol. The predicted molar refractivity (Wildman–Crippen MR) is 62.0 cm³/mol. The minimum absolute atomic E-state index is 0.371. The molecule has 1 aliphatic heterocycles. The summed E-state index contributed by atoms with van der Waals surface area (Å²) in [6.45, 7) is 9.34. The van der Waals surface area contributed by atoms with Gasteiger partial charge in [0.05, 0.1) is 12.7 Å². The maximum atomic E-state index is 5.79. The topological polar surface area (TPSA) is 30.5 Å². The van der Waals surface area contributed by atoms with E-state index in [1.807, 2.05) is 0 Å². The second-order valence-electron chi connectivity index (χ2n) is 4.88. The summed E-state index contributed by atoms with van der Waals surface area (Å²) in [6.07, 6.45) is 1.55. The molecule has 1 heterocycles. The van der Waals surface area contributed by atoms with E-state index in [-0.39, 0.29) is 0 Å². The number of hydrogen-bond acceptors (Lipinski definition) is 3. The summed E-state index contributed by atoms with van der Waals surface area (Å²) in [6, 6.07) is 0.559. The van der Waals surface area contributed by atoms with Gasteiger partial charge in [-0.25, -0.2) is 0 Å². The van der Waals surface area contributed by atoms with Crippen molar-refractivity contribution in [2.24, 2.45) is 11.8 Å². The molecule has 0 radical (unpaired) electrons. The third-order valence-electron chi connectivity index (χ3n) is 3.04. The van der Waals surface area contributed by atoms with Crippen LogP contribution < -0.4 is 5.32 Å². The zero-order chi connectivity index (χ0) is 11.3. The normalized spacial score (nSPS) is 28.6. The van der Waals surface area contributed by atoms with Gasteiger partial charge in [-0.15, -0.1) is 0 Å². The van der Waals surface area contributed by atoms with Crippen molar-refractivity contribution in [1.29, 1.82) is 0 Å². The van der Waals surface area contributed by atoms with Crippen molar-refractivity contribution >= 4 is 0 Å². The van der Waals surface area contributed by atoms with Gasteiger partial charge < -0.3 is 14.8 Å². The molecule has 0 aliphatic carbocycles. The molecule has 1 saturated heterocycles. The summed E-state index contributed by atoms with van der Waals surface area (Å²) >= 11 is 0. The Labute approximate surface area is 93.5 Å². The van der Waals surface area contributed by atoms with Crippen LogP contribution in [0.1, 0.15) is 27.2 Å². The van der Waals surface area contributed by atoms with Crippen molar-refractivity contribution in [3.05, 3.63) is 0 Å². The quantitative estimate of drug-likeness (QED) is 0.731. The van der Waals surface area contributed by atoms with Crippen LogP contribution >= 0.6 is 0 Å². The number of methoxy groups -OCH3 is 1. The van der Waals surface area contributed by atoms with Gasteiger partial charge in [-0.3, -0.25) is 0 Å². The largest absolute Gasteiger partial charge is 0.384 e. The van der Waals surface area contributed by atoms with Crippen molar-refractivity contribution in [3.63, 3.8) is 0 Å². The predicted octanol–water partition coefficient (Wildman–Crippen LogP) is 1.67. The minimum atomic E-state index is 0.371. The van der Waals surface area contributed by atoms with Crippen LogP contribution in [0.3, 0.4) is 0 Å². The number of hydrogen-bond donors (Lipinski definition) is 1. The molecular formula is C12H25NO2. The van der Waals surface area contributed by atoms with Crippen molar-refractivity contribution < 1.29 is 9.47 Å². The molecular weight excluding hydrogens is 190 g/mol. The molecule has 15 heavy (non-hydrogen) atoms. The summed E-state index contributed by atoms with van der Waals surface area (Å²) in [5.74, 6) is 1.15. The van der Waals surface area contributed by atoms with Gasteiger partial charge in [-0.2, -0.15) is 0 Å². The van der Waals surface area contributed by atoms with Crippen LogP contribution in [0.2, 0.25) is 0 Å². The number of rotatable bonds is 6. The smallest absolute Gasteiger partial charge is 0.0663 e. The Bertz CT molecular complexity index is 173. The van der Waals surface area contributed by atoms with Crippen LogP contribution in [0, 0.1) is 11.8 Å². The fourth-order valence-electron chi connectivity index (χ4n) is 2.25. The zero-order valence-corrected chi connectivity index (χ0v) is 10.5. The average Bonchev–Trinajstić information content (AvgIpc) is 2.62.